The molecular formula is C5H13NO2. The van der Waals surface area contributed by atoms with Crippen LogP contribution in [0.1, 0.15) is 20.8 Å². The summed E-state index contributed by atoms with van der Waals surface area (Å²) in [6.45, 7) is 5.07. The third-order valence-corrected chi connectivity index (χ3v) is 1.31. The predicted octanol–water partition coefficient (Wildman–Crippen LogP) is 0.0361. The minimum atomic E-state index is -0.625. The van der Waals surface area contributed by atoms with Gasteiger partial charge in [-0.05, 0) is 20.8 Å². The topological polar surface area (TPSA) is 55.5 Å². The van der Waals surface area contributed by atoms with Crippen LogP contribution in [0.3, 0.4) is 0 Å². The molecule has 0 spiro atoms. The Balaban J connectivity index is 3.71. The Labute approximate surface area is 49.4 Å². The Hall–Kier alpha value is -0.120. The third-order valence-electron chi connectivity index (χ3n) is 1.31. The van der Waals surface area contributed by atoms with Gasteiger partial charge < -0.3 is 5.11 Å². The number of rotatable bonds is 2. The lowest BCUT2D eigenvalue weighted by molar-refractivity contribution is -0.0955. The van der Waals surface area contributed by atoms with E-state index in [1.54, 1.807) is 20.8 Å². The Morgan fingerprint density at radius 2 is 2.00 bits per heavy atom. The summed E-state index contributed by atoms with van der Waals surface area (Å²) in [7, 11) is 0. The molecule has 0 rings (SSSR count). The molecule has 0 saturated carbocycles. The predicted molar refractivity (Wildman–Crippen MR) is 31.0 cm³/mol. The van der Waals surface area contributed by atoms with Gasteiger partial charge in [0.1, 0.15) is 5.60 Å². The van der Waals surface area contributed by atoms with Crippen molar-refractivity contribution in [3.63, 3.8) is 0 Å². The van der Waals surface area contributed by atoms with Crippen LogP contribution in [-0.4, -0.2) is 16.8 Å². The van der Waals surface area contributed by atoms with Gasteiger partial charge in [0.15, 0.2) is 0 Å². The van der Waals surface area contributed by atoms with Gasteiger partial charge in [-0.3, -0.25) is 4.84 Å². The first kappa shape index (κ1) is 7.88. The molecule has 0 heterocycles. The highest BCUT2D eigenvalue weighted by molar-refractivity contribution is 4.72. The smallest absolute Gasteiger partial charge is 0.109 e. The van der Waals surface area contributed by atoms with Gasteiger partial charge in [-0.25, -0.2) is 5.90 Å². The number of hydrogen-bond acceptors (Lipinski definition) is 3. The summed E-state index contributed by atoms with van der Waals surface area (Å²) in [4.78, 5) is 4.45. The van der Waals surface area contributed by atoms with E-state index in [0.717, 1.165) is 0 Å². The molecule has 3 heteroatoms. The second-order valence-corrected chi connectivity index (χ2v) is 2.40. The van der Waals surface area contributed by atoms with Crippen LogP contribution < -0.4 is 5.90 Å². The van der Waals surface area contributed by atoms with Crippen molar-refractivity contribution < 1.29 is 9.94 Å². The Morgan fingerprint density at radius 3 is 2.00 bits per heavy atom. The normalized spacial score (nSPS) is 16.1. The summed E-state index contributed by atoms with van der Waals surface area (Å²) in [6.07, 6.45) is -0.535. The Kier molecular flexibility index (Phi) is 2.40. The zero-order valence-electron chi connectivity index (χ0n) is 5.51. The van der Waals surface area contributed by atoms with Crippen molar-refractivity contribution in [3.8, 4) is 0 Å². The van der Waals surface area contributed by atoms with Crippen LogP contribution in [0.4, 0.5) is 0 Å². The van der Waals surface area contributed by atoms with Crippen molar-refractivity contribution in [2.75, 3.05) is 0 Å². The molecular weight excluding hydrogens is 106 g/mol. The van der Waals surface area contributed by atoms with Gasteiger partial charge in [-0.15, -0.1) is 0 Å². The minimum absolute atomic E-state index is 0.535. The van der Waals surface area contributed by atoms with Crippen LogP contribution in [0.25, 0.3) is 0 Å². The van der Waals surface area contributed by atoms with E-state index in [1.165, 1.54) is 0 Å². The van der Waals surface area contributed by atoms with Crippen molar-refractivity contribution in [2.45, 2.75) is 32.5 Å². The van der Waals surface area contributed by atoms with Gasteiger partial charge >= 0.3 is 0 Å². The van der Waals surface area contributed by atoms with E-state index < -0.39 is 11.7 Å². The number of nitrogens with two attached hydrogens (primary N) is 1. The fourth-order valence-corrected chi connectivity index (χ4v) is 0.0985. The summed E-state index contributed by atoms with van der Waals surface area (Å²) in [5, 5.41) is 8.88. The molecule has 0 aliphatic carbocycles. The molecule has 0 aromatic heterocycles. The zero-order chi connectivity index (χ0) is 6.78. The average molecular weight is 119 g/mol. The lowest BCUT2D eigenvalue weighted by atomic mass is 10.0. The molecule has 3 nitrogen and oxygen atoms in total. The van der Waals surface area contributed by atoms with Crippen LogP contribution in [-0.2, 0) is 4.84 Å². The largest absolute Gasteiger partial charge is 0.390 e. The summed E-state index contributed by atoms with van der Waals surface area (Å²) >= 11 is 0. The van der Waals surface area contributed by atoms with Crippen molar-refractivity contribution in [2.24, 2.45) is 5.90 Å². The minimum Gasteiger partial charge on any atom is -0.390 e. The third kappa shape index (κ3) is 1.78. The van der Waals surface area contributed by atoms with Crippen LogP contribution in [0, 0.1) is 0 Å². The van der Waals surface area contributed by atoms with E-state index in [0.29, 0.717) is 0 Å². The van der Waals surface area contributed by atoms with Crippen molar-refractivity contribution >= 4 is 0 Å². The molecule has 50 valence electrons. The van der Waals surface area contributed by atoms with Crippen molar-refractivity contribution in [1.29, 1.82) is 0 Å². The number of aliphatic hydroxyl groups is 1. The van der Waals surface area contributed by atoms with Gasteiger partial charge in [0, 0.05) is 0 Å². The fourth-order valence-electron chi connectivity index (χ4n) is 0.0985. The lowest BCUT2D eigenvalue weighted by Gasteiger charge is -2.24. The van der Waals surface area contributed by atoms with E-state index in [9.17, 15) is 0 Å². The van der Waals surface area contributed by atoms with Crippen LogP contribution in [0.5, 0.6) is 0 Å². The summed E-state index contributed by atoms with van der Waals surface area (Å²) in [5.74, 6) is 4.85. The molecule has 0 bridgehead atoms. The van der Waals surface area contributed by atoms with Gasteiger partial charge in [-0.1, -0.05) is 0 Å². The molecule has 1 unspecified atom stereocenters. The molecule has 1 atom stereocenters. The summed E-state index contributed by atoms with van der Waals surface area (Å²) in [6, 6.07) is 0. The number of hydrogen-bond donors (Lipinski definition) is 2. The maximum Gasteiger partial charge on any atom is 0.109 e. The zero-order valence-corrected chi connectivity index (χ0v) is 5.51. The maximum atomic E-state index is 8.88. The molecule has 8 heavy (non-hydrogen) atoms. The molecule has 0 aliphatic heterocycles. The van der Waals surface area contributed by atoms with E-state index in [4.69, 9.17) is 11.0 Å². The molecule has 3 N–H and O–H groups in total. The first-order valence-electron chi connectivity index (χ1n) is 2.56. The highest BCUT2D eigenvalue weighted by atomic mass is 16.6. The number of aliphatic hydroxyl groups excluding tert-OH is 1. The average Bonchev–Trinajstić information content (AvgIpc) is 1.67. The molecule has 0 amide bonds. The lowest BCUT2D eigenvalue weighted by Crippen LogP contribution is -2.39. The first-order chi connectivity index (χ1) is 3.50. The molecule has 0 saturated heterocycles. The van der Waals surface area contributed by atoms with Crippen LogP contribution >= 0.6 is 0 Å². The SMILES string of the molecule is CC(O)C(C)(C)ON. The second kappa shape index (κ2) is 2.44. The van der Waals surface area contributed by atoms with Gasteiger partial charge in [-0.2, -0.15) is 0 Å². The highest BCUT2D eigenvalue weighted by Crippen LogP contribution is 2.10. The first-order valence-corrected chi connectivity index (χ1v) is 2.56. The van der Waals surface area contributed by atoms with E-state index in [2.05, 4.69) is 4.84 Å². The monoisotopic (exact) mass is 119 g/mol. The molecule has 0 radical (unpaired) electrons. The Morgan fingerprint density at radius 1 is 1.62 bits per heavy atom. The molecule has 0 aromatic carbocycles. The second-order valence-electron chi connectivity index (χ2n) is 2.40. The molecule has 0 aromatic rings. The quantitative estimate of drug-likeness (QED) is 0.504. The van der Waals surface area contributed by atoms with Crippen LogP contribution in [0.15, 0.2) is 0 Å². The summed E-state index contributed by atoms with van der Waals surface area (Å²) < 4.78 is 0. The summed E-state index contributed by atoms with van der Waals surface area (Å²) in [5.41, 5.74) is -0.625. The van der Waals surface area contributed by atoms with Gasteiger partial charge in [0.05, 0.1) is 6.10 Å². The highest BCUT2D eigenvalue weighted by Gasteiger charge is 2.23. The van der Waals surface area contributed by atoms with Crippen molar-refractivity contribution in [1.82, 2.24) is 0 Å². The molecule has 0 aliphatic rings. The van der Waals surface area contributed by atoms with Gasteiger partial charge in [0.25, 0.3) is 0 Å². The van der Waals surface area contributed by atoms with Gasteiger partial charge in [0.2, 0.25) is 0 Å². The van der Waals surface area contributed by atoms with E-state index in [1.807, 2.05) is 0 Å². The molecule has 0 fully saturated rings. The standard InChI is InChI=1S/C5H13NO2/c1-4(7)5(2,3)8-6/h4,7H,6H2,1-3H3. The Bertz CT molecular complexity index is 70.8. The van der Waals surface area contributed by atoms with E-state index in [-0.39, 0.29) is 0 Å². The van der Waals surface area contributed by atoms with E-state index >= 15 is 0 Å². The maximum absolute atomic E-state index is 8.88. The fraction of sp³-hybridized carbons (Fsp3) is 1.00. The van der Waals surface area contributed by atoms with Crippen LogP contribution in [0.2, 0.25) is 0 Å². The van der Waals surface area contributed by atoms with Crippen molar-refractivity contribution in [3.05, 3.63) is 0 Å².